The lowest BCUT2D eigenvalue weighted by atomic mass is 9.90. The quantitative estimate of drug-likeness (QED) is 0.797. The van der Waals surface area contributed by atoms with Crippen molar-refractivity contribution in [3.63, 3.8) is 0 Å². The van der Waals surface area contributed by atoms with E-state index in [1.54, 1.807) is 4.90 Å². The fourth-order valence-electron chi connectivity index (χ4n) is 2.85. The topological polar surface area (TPSA) is 32.3 Å². The molecule has 2 aliphatic rings. The van der Waals surface area contributed by atoms with Crippen molar-refractivity contribution >= 4 is 5.91 Å². The highest BCUT2D eigenvalue weighted by molar-refractivity contribution is 5.98. The van der Waals surface area contributed by atoms with Crippen LogP contribution >= 0.6 is 0 Å². The molecule has 3 rings (SSSR count). The van der Waals surface area contributed by atoms with Crippen molar-refractivity contribution in [2.24, 2.45) is 0 Å². The van der Waals surface area contributed by atoms with E-state index in [1.807, 2.05) is 7.05 Å². The van der Waals surface area contributed by atoms with Crippen LogP contribution in [0.4, 0.5) is 0 Å². The van der Waals surface area contributed by atoms with Crippen LogP contribution in [0.25, 0.3) is 0 Å². The molecule has 2 heterocycles. The molecular formula is C14H18N2O. The van der Waals surface area contributed by atoms with Gasteiger partial charge < -0.3 is 10.2 Å². The largest absolute Gasteiger partial charge is 0.337 e. The fraction of sp³-hybridized carbons (Fsp3) is 0.500. The summed E-state index contributed by atoms with van der Waals surface area (Å²) >= 11 is 0. The van der Waals surface area contributed by atoms with E-state index in [2.05, 4.69) is 23.5 Å². The summed E-state index contributed by atoms with van der Waals surface area (Å²) in [5.41, 5.74) is 3.40. The second-order valence-corrected chi connectivity index (χ2v) is 5.12. The Labute approximate surface area is 102 Å². The molecule has 0 spiro atoms. The van der Waals surface area contributed by atoms with E-state index in [0.717, 1.165) is 25.2 Å². The van der Waals surface area contributed by atoms with Crippen LogP contribution in [0.2, 0.25) is 0 Å². The first-order valence-corrected chi connectivity index (χ1v) is 6.35. The molecule has 2 aliphatic heterocycles. The number of hydrogen-bond donors (Lipinski definition) is 1. The van der Waals surface area contributed by atoms with Gasteiger partial charge in [0.2, 0.25) is 0 Å². The first kappa shape index (κ1) is 10.8. The number of carbonyl (C=O) groups is 1. The summed E-state index contributed by atoms with van der Waals surface area (Å²) in [6, 6.07) is 6.43. The van der Waals surface area contributed by atoms with Crippen LogP contribution in [0, 0.1) is 0 Å². The highest BCUT2D eigenvalue weighted by atomic mass is 16.2. The first-order chi connectivity index (χ1) is 8.25. The maximum Gasteiger partial charge on any atom is 0.254 e. The number of benzene rings is 1. The first-order valence-electron chi connectivity index (χ1n) is 6.35. The molecule has 3 nitrogen and oxygen atoms in total. The Morgan fingerprint density at radius 1 is 1.41 bits per heavy atom. The van der Waals surface area contributed by atoms with Crippen LogP contribution in [0.15, 0.2) is 18.2 Å². The van der Waals surface area contributed by atoms with Gasteiger partial charge in [-0.05, 0) is 42.5 Å². The van der Waals surface area contributed by atoms with Crippen molar-refractivity contribution in [1.82, 2.24) is 10.2 Å². The number of rotatable bonds is 1. The Balaban J connectivity index is 1.91. The minimum absolute atomic E-state index is 0.172. The Morgan fingerprint density at radius 3 is 3.06 bits per heavy atom. The second kappa shape index (κ2) is 4.15. The molecule has 1 aromatic rings. The maximum absolute atomic E-state index is 11.9. The van der Waals surface area contributed by atoms with Gasteiger partial charge in [-0.25, -0.2) is 0 Å². The van der Waals surface area contributed by atoms with Gasteiger partial charge in [0.1, 0.15) is 0 Å². The molecule has 3 heteroatoms. The van der Waals surface area contributed by atoms with Crippen LogP contribution in [0.5, 0.6) is 0 Å². The third-order valence-electron chi connectivity index (χ3n) is 3.89. The van der Waals surface area contributed by atoms with Gasteiger partial charge in [-0.2, -0.15) is 0 Å². The van der Waals surface area contributed by atoms with Crippen LogP contribution < -0.4 is 5.32 Å². The minimum Gasteiger partial charge on any atom is -0.337 e. The zero-order valence-electron chi connectivity index (χ0n) is 10.2. The molecule has 1 fully saturated rings. The normalized spacial score (nSPS) is 23.9. The Bertz CT molecular complexity index is 450. The smallest absolute Gasteiger partial charge is 0.254 e. The zero-order valence-corrected chi connectivity index (χ0v) is 10.2. The predicted octanol–water partition coefficient (Wildman–Crippen LogP) is 1.74. The molecule has 0 aliphatic carbocycles. The van der Waals surface area contributed by atoms with Crippen LogP contribution in [0.3, 0.4) is 0 Å². The lowest BCUT2D eigenvalue weighted by Gasteiger charge is -2.23. The molecule has 0 saturated carbocycles. The second-order valence-electron chi connectivity index (χ2n) is 5.12. The molecule has 1 amide bonds. The lowest BCUT2D eigenvalue weighted by molar-refractivity contribution is 0.0816. The Kier molecular flexibility index (Phi) is 2.63. The summed E-state index contributed by atoms with van der Waals surface area (Å²) in [6.45, 7) is 2.93. The van der Waals surface area contributed by atoms with E-state index in [1.165, 1.54) is 24.0 Å². The fourth-order valence-corrected chi connectivity index (χ4v) is 2.85. The number of nitrogens with zero attached hydrogens (tertiary/aromatic N) is 1. The summed E-state index contributed by atoms with van der Waals surface area (Å²) in [4.78, 5) is 13.7. The van der Waals surface area contributed by atoms with E-state index in [-0.39, 0.29) is 5.91 Å². The number of fused-ring (bicyclic) bond motifs is 1. The number of nitrogens with one attached hydrogen (secondary N) is 1. The van der Waals surface area contributed by atoms with Crippen LogP contribution in [0.1, 0.15) is 40.2 Å². The standard InChI is InChI=1S/C14H18N2O/c1-16-9-12-5-4-10(7-13(12)14(16)17)11-3-2-6-15-8-11/h4-5,7,11,15H,2-3,6,8-9H2,1H3. The van der Waals surface area contributed by atoms with Gasteiger partial charge in [-0.15, -0.1) is 0 Å². The Morgan fingerprint density at radius 2 is 2.29 bits per heavy atom. The summed E-state index contributed by atoms with van der Waals surface area (Å²) in [5.74, 6) is 0.748. The number of piperidine rings is 1. The third kappa shape index (κ3) is 1.84. The molecule has 0 radical (unpaired) electrons. The SMILES string of the molecule is CN1Cc2ccc(C3CCCNC3)cc2C1=O. The number of hydrogen-bond acceptors (Lipinski definition) is 2. The van der Waals surface area contributed by atoms with Gasteiger partial charge >= 0.3 is 0 Å². The highest BCUT2D eigenvalue weighted by Crippen LogP contribution is 2.28. The van der Waals surface area contributed by atoms with Crippen LogP contribution in [-0.4, -0.2) is 30.9 Å². The minimum atomic E-state index is 0.172. The van der Waals surface area contributed by atoms with E-state index < -0.39 is 0 Å². The van der Waals surface area contributed by atoms with Crippen molar-refractivity contribution in [3.8, 4) is 0 Å². The molecule has 1 aromatic carbocycles. The molecule has 0 aromatic heterocycles. The average Bonchev–Trinajstić information content (AvgIpc) is 2.66. The van der Waals surface area contributed by atoms with Gasteiger partial charge in [0.25, 0.3) is 5.91 Å². The molecule has 90 valence electrons. The predicted molar refractivity (Wildman–Crippen MR) is 67.1 cm³/mol. The van der Waals surface area contributed by atoms with Gasteiger partial charge in [-0.1, -0.05) is 12.1 Å². The van der Waals surface area contributed by atoms with Crippen molar-refractivity contribution in [2.45, 2.75) is 25.3 Å². The monoisotopic (exact) mass is 230 g/mol. The third-order valence-corrected chi connectivity index (χ3v) is 3.89. The van der Waals surface area contributed by atoms with Gasteiger partial charge in [0.15, 0.2) is 0 Å². The maximum atomic E-state index is 11.9. The molecule has 1 saturated heterocycles. The summed E-state index contributed by atoms with van der Waals surface area (Å²) in [5, 5.41) is 3.43. The van der Waals surface area contributed by atoms with Crippen molar-refractivity contribution in [2.75, 3.05) is 20.1 Å². The van der Waals surface area contributed by atoms with E-state index in [9.17, 15) is 4.79 Å². The number of amides is 1. The van der Waals surface area contributed by atoms with E-state index in [0.29, 0.717) is 5.92 Å². The summed E-state index contributed by atoms with van der Waals surface area (Å²) < 4.78 is 0. The average molecular weight is 230 g/mol. The zero-order chi connectivity index (χ0) is 11.8. The molecule has 17 heavy (non-hydrogen) atoms. The molecule has 1 N–H and O–H groups in total. The Hall–Kier alpha value is -1.35. The van der Waals surface area contributed by atoms with Crippen molar-refractivity contribution in [1.29, 1.82) is 0 Å². The molecule has 1 atom stereocenters. The molecule has 1 unspecified atom stereocenters. The number of carbonyl (C=O) groups excluding carboxylic acids is 1. The van der Waals surface area contributed by atoms with E-state index in [4.69, 9.17) is 0 Å². The molecular weight excluding hydrogens is 212 g/mol. The summed E-state index contributed by atoms with van der Waals surface area (Å²) in [7, 11) is 1.87. The van der Waals surface area contributed by atoms with Gasteiger partial charge in [0, 0.05) is 25.7 Å². The molecule has 0 bridgehead atoms. The van der Waals surface area contributed by atoms with Crippen molar-refractivity contribution < 1.29 is 4.79 Å². The van der Waals surface area contributed by atoms with Crippen molar-refractivity contribution in [3.05, 3.63) is 34.9 Å². The lowest BCUT2D eigenvalue weighted by Crippen LogP contribution is -2.28. The van der Waals surface area contributed by atoms with Gasteiger partial charge in [-0.3, -0.25) is 4.79 Å². The highest BCUT2D eigenvalue weighted by Gasteiger charge is 2.25. The van der Waals surface area contributed by atoms with E-state index >= 15 is 0 Å². The summed E-state index contributed by atoms with van der Waals surface area (Å²) in [6.07, 6.45) is 2.46. The van der Waals surface area contributed by atoms with Crippen LogP contribution in [-0.2, 0) is 6.54 Å². The van der Waals surface area contributed by atoms with Gasteiger partial charge in [0.05, 0.1) is 0 Å².